The SMILES string of the molecule is CN1CCC2C(CCCN2Cc2ccccc2)C1. The molecule has 1 aromatic carbocycles. The number of fused-ring (bicyclic) bond motifs is 1. The molecule has 0 amide bonds. The predicted octanol–water partition coefficient (Wildman–Crippen LogP) is 2.60. The molecule has 18 heavy (non-hydrogen) atoms. The average molecular weight is 244 g/mol. The van der Waals surface area contributed by atoms with Crippen molar-refractivity contribution in [3.63, 3.8) is 0 Å². The molecule has 2 heteroatoms. The summed E-state index contributed by atoms with van der Waals surface area (Å²) in [4.78, 5) is 5.24. The third-order valence-corrected chi connectivity index (χ3v) is 4.61. The molecule has 0 aliphatic carbocycles. The van der Waals surface area contributed by atoms with Gasteiger partial charge in [-0.3, -0.25) is 4.90 Å². The largest absolute Gasteiger partial charge is 0.306 e. The second kappa shape index (κ2) is 5.41. The lowest BCUT2D eigenvalue weighted by atomic mass is 9.84. The summed E-state index contributed by atoms with van der Waals surface area (Å²) in [7, 11) is 2.27. The highest BCUT2D eigenvalue weighted by Gasteiger charge is 2.34. The van der Waals surface area contributed by atoms with E-state index >= 15 is 0 Å². The van der Waals surface area contributed by atoms with Gasteiger partial charge in [-0.15, -0.1) is 0 Å². The highest BCUT2D eigenvalue weighted by atomic mass is 15.2. The second-order valence-electron chi connectivity index (χ2n) is 5.98. The lowest BCUT2D eigenvalue weighted by Gasteiger charge is -2.46. The first kappa shape index (κ1) is 12.2. The van der Waals surface area contributed by atoms with E-state index in [0.717, 1.165) is 18.5 Å². The van der Waals surface area contributed by atoms with E-state index in [-0.39, 0.29) is 0 Å². The fourth-order valence-corrected chi connectivity index (χ4v) is 3.70. The van der Waals surface area contributed by atoms with Gasteiger partial charge >= 0.3 is 0 Å². The second-order valence-corrected chi connectivity index (χ2v) is 5.98. The van der Waals surface area contributed by atoms with E-state index in [1.54, 1.807) is 0 Å². The maximum Gasteiger partial charge on any atom is 0.0236 e. The Labute approximate surface area is 111 Å². The fraction of sp³-hybridized carbons (Fsp3) is 0.625. The Kier molecular flexibility index (Phi) is 3.67. The van der Waals surface area contributed by atoms with Gasteiger partial charge in [0, 0.05) is 19.1 Å². The summed E-state index contributed by atoms with van der Waals surface area (Å²) in [6.07, 6.45) is 4.16. The molecule has 2 unspecified atom stereocenters. The first-order valence-corrected chi connectivity index (χ1v) is 7.29. The molecule has 98 valence electrons. The first-order chi connectivity index (χ1) is 8.83. The summed E-state index contributed by atoms with van der Waals surface area (Å²) in [6.45, 7) is 5.01. The molecule has 0 spiro atoms. The molecule has 2 aliphatic rings. The predicted molar refractivity (Wildman–Crippen MR) is 75.5 cm³/mol. The van der Waals surface area contributed by atoms with E-state index < -0.39 is 0 Å². The summed E-state index contributed by atoms with van der Waals surface area (Å²) < 4.78 is 0. The highest BCUT2D eigenvalue weighted by molar-refractivity contribution is 5.15. The zero-order chi connectivity index (χ0) is 12.4. The van der Waals surface area contributed by atoms with E-state index in [1.165, 1.54) is 44.5 Å². The standard InChI is InChI=1S/C16H24N2/c1-17-11-9-16-15(13-17)8-5-10-18(16)12-14-6-3-2-4-7-14/h2-4,6-7,15-16H,5,8-13H2,1H3. The van der Waals surface area contributed by atoms with Crippen molar-refractivity contribution in [1.29, 1.82) is 0 Å². The summed E-state index contributed by atoms with van der Waals surface area (Å²) in [5.41, 5.74) is 1.47. The van der Waals surface area contributed by atoms with Gasteiger partial charge in [-0.1, -0.05) is 30.3 Å². The maximum atomic E-state index is 2.73. The lowest BCUT2D eigenvalue weighted by Crippen LogP contribution is -2.52. The summed E-state index contributed by atoms with van der Waals surface area (Å²) in [6, 6.07) is 11.8. The monoisotopic (exact) mass is 244 g/mol. The zero-order valence-electron chi connectivity index (χ0n) is 11.4. The molecule has 0 aromatic heterocycles. The first-order valence-electron chi connectivity index (χ1n) is 7.29. The highest BCUT2D eigenvalue weighted by Crippen LogP contribution is 2.30. The molecule has 2 heterocycles. The van der Waals surface area contributed by atoms with Crippen LogP contribution in [0.2, 0.25) is 0 Å². The van der Waals surface area contributed by atoms with Crippen LogP contribution in [0.3, 0.4) is 0 Å². The van der Waals surface area contributed by atoms with Gasteiger partial charge in [0.25, 0.3) is 0 Å². The summed E-state index contributed by atoms with van der Waals surface area (Å²) >= 11 is 0. The molecule has 3 rings (SSSR count). The van der Waals surface area contributed by atoms with Crippen molar-refractivity contribution >= 4 is 0 Å². The van der Waals surface area contributed by atoms with Gasteiger partial charge in [-0.25, -0.2) is 0 Å². The number of likely N-dealkylation sites (tertiary alicyclic amines) is 2. The van der Waals surface area contributed by atoms with Crippen LogP contribution >= 0.6 is 0 Å². The number of nitrogens with zero attached hydrogens (tertiary/aromatic N) is 2. The molecule has 0 radical (unpaired) electrons. The van der Waals surface area contributed by atoms with Gasteiger partial charge in [0.1, 0.15) is 0 Å². The number of hydrogen-bond acceptors (Lipinski definition) is 2. The summed E-state index contributed by atoms with van der Waals surface area (Å²) in [5, 5.41) is 0. The van der Waals surface area contributed by atoms with E-state index in [2.05, 4.69) is 47.2 Å². The molecule has 2 saturated heterocycles. The van der Waals surface area contributed by atoms with Gasteiger partial charge in [-0.2, -0.15) is 0 Å². The van der Waals surface area contributed by atoms with Crippen LogP contribution in [-0.4, -0.2) is 42.5 Å². The third kappa shape index (κ3) is 2.60. The molecule has 2 atom stereocenters. The van der Waals surface area contributed by atoms with E-state index in [4.69, 9.17) is 0 Å². The van der Waals surface area contributed by atoms with Crippen LogP contribution in [0.25, 0.3) is 0 Å². The minimum Gasteiger partial charge on any atom is -0.306 e. The smallest absolute Gasteiger partial charge is 0.0236 e. The Balaban J connectivity index is 1.68. The lowest BCUT2D eigenvalue weighted by molar-refractivity contribution is 0.0266. The molecular weight excluding hydrogens is 220 g/mol. The molecule has 2 nitrogen and oxygen atoms in total. The molecular formula is C16H24N2. The molecule has 0 saturated carbocycles. The Bertz CT molecular complexity index is 376. The molecule has 2 aliphatic heterocycles. The topological polar surface area (TPSA) is 6.48 Å². The van der Waals surface area contributed by atoms with E-state index in [1.807, 2.05) is 0 Å². The molecule has 0 bridgehead atoms. The average Bonchev–Trinajstić information content (AvgIpc) is 2.40. The number of piperidine rings is 2. The molecule has 0 N–H and O–H groups in total. The minimum atomic E-state index is 0.829. The Morgan fingerprint density at radius 2 is 1.94 bits per heavy atom. The van der Waals surface area contributed by atoms with Crippen LogP contribution in [0, 0.1) is 5.92 Å². The fourth-order valence-electron chi connectivity index (χ4n) is 3.70. The van der Waals surface area contributed by atoms with Crippen molar-refractivity contribution in [3.8, 4) is 0 Å². The van der Waals surface area contributed by atoms with Crippen LogP contribution in [0.1, 0.15) is 24.8 Å². The quantitative estimate of drug-likeness (QED) is 0.789. The van der Waals surface area contributed by atoms with Gasteiger partial charge < -0.3 is 4.90 Å². The van der Waals surface area contributed by atoms with E-state index in [0.29, 0.717) is 0 Å². The van der Waals surface area contributed by atoms with Gasteiger partial charge in [0.2, 0.25) is 0 Å². The van der Waals surface area contributed by atoms with Gasteiger partial charge in [0.15, 0.2) is 0 Å². The van der Waals surface area contributed by atoms with Gasteiger partial charge in [0.05, 0.1) is 0 Å². The van der Waals surface area contributed by atoms with Crippen molar-refractivity contribution < 1.29 is 0 Å². The Morgan fingerprint density at radius 1 is 1.11 bits per heavy atom. The van der Waals surface area contributed by atoms with Crippen LogP contribution in [0.4, 0.5) is 0 Å². The maximum absolute atomic E-state index is 2.73. The zero-order valence-corrected chi connectivity index (χ0v) is 11.4. The van der Waals surface area contributed by atoms with Crippen LogP contribution in [-0.2, 0) is 6.54 Å². The number of hydrogen-bond donors (Lipinski definition) is 0. The van der Waals surface area contributed by atoms with Gasteiger partial charge in [-0.05, 0) is 50.9 Å². The van der Waals surface area contributed by atoms with Crippen LogP contribution < -0.4 is 0 Å². The molecule has 1 aromatic rings. The summed E-state index contributed by atoms with van der Waals surface area (Å²) in [5.74, 6) is 0.904. The van der Waals surface area contributed by atoms with Crippen molar-refractivity contribution in [3.05, 3.63) is 35.9 Å². The minimum absolute atomic E-state index is 0.829. The van der Waals surface area contributed by atoms with Crippen molar-refractivity contribution in [2.75, 3.05) is 26.7 Å². The molecule has 2 fully saturated rings. The Hall–Kier alpha value is -0.860. The number of rotatable bonds is 2. The van der Waals surface area contributed by atoms with E-state index in [9.17, 15) is 0 Å². The Morgan fingerprint density at radius 3 is 2.78 bits per heavy atom. The van der Waals surface area contributed by atoms with Crippen molar-refractivity contribution in [2.24, 2.45) is 5.92 Å². The van der Waals surface area contributed by atoms with Crippen molar-refractivity contribution in [2.45, 2.75) is 31.8 Å². The van der Waals surface area contributed by atoms with Crippen LogP contribution in [0.15, 0.2) is 30.3 Å². The third-order valence-electron chi connectivity index (χ3n) is 4.61. The normalized spacial score (nSPS) is 30.1. The van der Waals surface area contributed by atoms with Crippen LogP contribution in [0.5, 0.6) is 0 Å². The number of benzene rings is 1. The van der Waals surface area contributed by atoms with Crippen molar-refractivity contribution in [1.82, 2.24) is 9.80 Å².